The lowest BCUT2D eigenvalue weighted by Gasteiger charge is -2.26. The average Bonchev–Trinajstić information content (AvgIpc) is 3.23. The molecule has 7 heteroatoms. The van der Waals surface area contributed by atoms with Crippen LogP contribution in [0.2, 0.25) is 0 Å². The van der Waals surface area contributed by atoms with Crippen LogP contribution in [0.3, 0.4) is 0 Å². The van der Waals surface area contributed by atoms with Crippen molar-refractivity contribution in [3.05, 3.63) is 55.0 Å². The zero-order valence-corrected chi connectivity index (χ0v) is 14.8. The summed E-state index contributed by atoms with van der Waals surface area (Å²) in [7, 11) is 3.17. The summed E-state index contributed by atoms with van der Waals surface area (Å²) < 4.78 is 2.60. The zero-order valence-electron chi connectivity index (χ0n) is 14.0. The fraction of sp³-hybridized carbons (Fsp3) is 0.529. The van der Waals surface area contributed by atoms with E-state index in [9.17, 15) is 14.7 Å². The van der Waals surface area contributed by atoms with Crippen molar-refractivity contribution in [2.24, 2.45) is 14.1 Å². The fourth-order valence-corrected chi connectivity index (χ4v) is 4.16. The molecule has 0 aliphatic carbocycles. The molecule has 2 aromatic rings. The monoisotopic (exact) mass is 349 g/mol. The Labute approximate surface area is 144 Å². The van der Waals surface area contributed by atoms with E-state index in [1.807, 2.05) is 17.5 Å². The molecule has 0 radical (unpaired) electrons. The van der Waals surface area contributed by atoms with E-state index in [0.717, 1.165) is 28.8 Å². The third-order valence-electron chi connectivity index (χ3n) is 4.76. The highest BCUT2D eigenvalue weighted by molar-refractivity contribution is 7.10. The molecular weight excluding hydrogens is 326 g/mol. The van der Waals surface area contributed by atoms with Gasteiger partial charge in [0.2, 0.25) is 0 Å². The molecule has 2 atom stereocenters. The van der Waals surface area contributed by atoms with Gasteiger partial charge in [0, 0.05) is 43.3 Å². The maximum Gasteiger partial charge on any atom is 0.330 e. The van der Waals surface area contributed by atoms with E-state index in [1.165, 1.54) is 11.6 Å². The standard InChI is InChI=1S/C17H23N3O3S/c1-18-10-12(16(22)19(2)17(18)23)11-20-7-3-5-13(20)9-14(21)15-6-4-8-24-15/h4,6,8,10,13-14,21H,3,5,7,9,11H2,1-2H3. The van der Waals surface area contributed by atoms with E-state index in [2.05, 4.69) is 4.90 Å². The lowest BCUT2D eigenvalue weighted by molar-refractivity contribution is 0.120. The summed E-state index contributed by atoms with van der Waals surface area (Å²) in [5.41, 5.74) is 0.0782. The molecule has 24 heavy (non-hydrogen) atoms. The van der Waals surface area contributed by atoms with Gasteiger partial charge >= 0.3 is 5.69 Å². The van der Waals surface area contributed by atoms with Crippen LogP contribution in [-0.2, 0) is 20.6 Å². The highest BCUT2D eigenvalue weighted by Gasteiger charge is 2.28. The summed E-state index contributed by atoms with van der Waals surface area (Å²) >= 11 is 1.57. The van der Waals surface area contributed by atoms with Crippen molar-refractivity contribution >= 4 is 11.3 Å². The maximum atomic E-state index is 12.3. The van der Waals surface area contributed by atoms with Gasteiger partial charge in [-0.1, -0.05) is 6.07 Å². The number of hydrogen-bond acceptors (Lipinski definition) is 5. The first-order valence-electron chi connectivity index (χ1n) is 8.18. The van der Waals surface area contributed by atoms with E-state index in [4.69, 9.17) is 0 Å². The zero-order chi connectivity index (χ0) is 17.3. The molecule has 130 valence electrons. The Morgan fingerprint density at radius 1 is 1.38 bits per heavy atom. The van der Waals surface area contributed by atoms with Crippen molar-refractivity contribution in [3.63, 3.8) is 0 Å². The first-order valence-corrected chi connectivity index (χ1v) is 9.06. The van der Waals surface area contributed by atoms with Gasteiger partial charge in [-0.2, -0.15) is 0 Å². The van der Waals surface area contributed by atoms with Gasteiger partial charge < -0.3 is 9.67 Å². The Balaban J connectivity index is 1.75. The van der Waals surface area contributed by atoms with Crippen LogP contribution in [0.4, 0.5) is 0 Å². The number of likely N-dealkylation sites (tertiary alicyclic amines) is 1. The van der Waals surface area contributed by atoms with Crippen molar-refractivity contribution in [1.29, 1.82) is 0 Å². The molecule has 0 saturated carbocycles. The largest absolute Gasteiger partial charge is 0.388 e. The minimum Gasteiger partial charge on any atom is -0.388 e. The van der Waals surface area contributed by atoms with Gasteiger partial charge in [0.15, 0.2) is 0 Å². The van der Waals surface area contributed by atoms with Gasteiger partial charge in [-0.15, -0.1) is 11.3 Å². The molecule has 2 aromatic heterocycles. The van der Waals surface area contributed by atoms with E-state index in [0.29, 0.717) is 18.5 Å². The van der Waals surface area contributed by atoms with Crippen LogP contribution in [0.5, 0.6) is 0 Å². The summed E-state index contributed by atoms with van der Waals surface area (Å²) in [4.78, 5) is 27.4. The number of hydrogen-bond donors (Lipinski definition) is 1. The molecule has 0 amide bonds. The van der Waals surface area contributed by atoms with Crippen LogP contribution in [0.1, 0.15) is 35.8 Å². The van der Waals surface area contributed by atoms with E-state index in [-0.39, 0.29) is 17.3 Å². The number of aromatic nitrogens is 2. The van der Waals surface area contributed by atoms with Crippen LogP contribution in [0, 0.1) is 0 Å². The minimum absolute atomic E-state index is 0.234. The Bertz CT molecular complexity index is 809. The summed E-state index contributed by atoms with van der Waals surface area (Å²) in [6, 6.07) is 4.16. The Morgan fingerprint density at radius 3 is 2.88 bits per heavy atom. The van der Waals surface area contributed by atoms with E-state index in [1.54, 1.807) is 24.6 Å². The van der Waals surface area contributed by atoms with Gasteiger partial charge in [0.05, 0.1) is 6.10 Å². The number of aliphatic hydroxyl groups is 1. The Morgan fingerprint density at radius 2 is 2.17 bits per heavy atom. The Kier molecular flexibility index (Phi) is 5.03. The number of thiophene rings is 1. The maximum absolute atomic E-state index is 12.3. The fourth-order valence-electron chi connectivity index (χ4n) is 3.44. The van der Waals surface area contributed by atoms with E-state index >= 15 is 0 Å². The van der Waals surface area contributed by atoms with Crippen molar-refractivity contribution < 1.29 is 5.11 Å². The number of rotatable bonds is 5. The number of aliphatic hydroxyl groups excluding tert-OH is 1. The molecule has 6 nitrogen and oxygen atoms in total. The van der Waals surface area contributed by atoms with Crippen molar-refractivity contribution in [2.75, 3.05) is 6.54 Å². The molecule has 1 aliphatic heterocycles. The number of aryl methyl sites for hydroxylation is 1. The molecule has 1 fully saturated rings. The molecule has 3 heterocycles. The molecule has 0 bridgehead atoms. The van der Waals surface area contributed by atoms with Crippen LogP contribution < -0.4 is 11.2 Å². The topological polar surface area (TPSA) is 67.5 Å². The minimum atomic E-state index is -0.460. The van der Waals surface area contributed by atoms with Crippen LogP contribution in [0.15, 0.2) is 33.3 Å². The predicted molar refractivity (Wildman–Crippen MR) is 94.3 cm³/mol. The first-order chi connectivity index (χ1) is 11.5. The van der Waals surface area contributed by atoms with E-state index < -0.39 is 6.10 Å². The molecule has 1 N–H and O–H groups in total. The molecular formula is C17H23N3O3S. The molecule has 3 rings (SSSR count). The normalized spacial score (nSPS) is 19.7. The van der Waals surface area contributed by atoms with Crippen LogP contribution in [-0.4, -0.2) is 31.7 Å². The first kappa shape index (κ1) is 17.1. The molecule has 1 saturated heterocycles. The molecule has 1 aliphatic rings. The second-order valence-electron chi connectivity index (χ2n) is 6.45. The van der Waals surface area contributed by atoms with Gasteiger partial charge in [-0.3, -0.25) is 14.3 Å². The van der Waals surface area contributed by atoms with Crippen molar-refractivity contribution in [1.82, 2.24) is 14.0 Å². The predicted octanol–water partition coefficient (Wildman–Crippen LogP) is 1.23. The molecule has 2 unspecified atom stereocenters. The smallest absolute Gasteiger partial charge is 0.330 e. The van der Waals surface area contributed by atoms with Gasteiger partial charge in [0.1, 0.15) is 0 Å². The summed E-state index contributed by atoms with van der Waals surface area (Å²) in [6.45, 7) is 1.43. The quantitative estimate of drug-likeness (QED) is 0.882. The van der Waals surface area contributed by atoms with Crippen LogP contribution >= 0.6 is 11.3 Å². The van der Waals surface area contributed by atoms with Gasteiger partial charge in [-0.05, 0) is 37.3 Å². The van der Waals surface area contributed by atoms with Crippen molar-refractivity contribution in [3.8, 4) is 0 Å². The lowest BCUT2D eigenvalue weighted by Crippen LogP contribution is -2.41. The number of nitrogens with zero attached hydrogens (tertiary/aromatic N) is 3. The highest BCUT2D eigenvalue weighted by atomic mass is 32.1. The average molecular weight is 349 g/mol. The molecule has 0 spiro atoms. The second kappa shape index (κ2) is 7.04. The second-order valence-corrected chi connectivity index (χ2v) is 7.42. The summed E-state index contributed by atoms with van der Waals surface area (Å²) in [6.07, 6.45) is 3.93. The SMILES string of the molecule is Cn1cc(CN2CCCC2CC(O)c2cccs2)c(=O)n(C)c1=O. The summed E-state index contributed by atoms with van der Waals surface area (Å²) in [5.74, 6) is 0. The Hall–Kier alpha value is -1.70. The van der Waals surface area contributed by atoms with Gasteiger partial charge in [-0.25, -0.2) is 4.79 Å². The van der Waals surface area contributed by atoms with Crippen molar-refractivity contribution in [2.45, 2.75) is 38.0 Å². The third-order valence-corrected chi connectivity index (χ3v) is 5.73. The van der Waals surface area contributed by atoms with Crippen LogP contribution in [0.25, 0.3) is 0 Å². The highest BCUT2D eigenvalue weighted by Crippen LogP contribution is 2.30. The third kappa shape index (κ3) is 3.38. The van der Waals surface area contributed by atoms with Gasteiger partial charge in [0.25, 0.3) is 5.56 Å². The lowest BCUT2D eigenvalue weighted by atomic mass is 10.1. The summed E-state index contributed by atoms with van der Waals surface area (Å²) in [5, 5.41) is 12.4. The molecule has 0 aromatic carbocycles.